The van der Waals surface area contributed by atoms with Gasteiger partial charge in [0.15, 0.2) is 17.4 Å². The number of benzene rings is 1. The molecule has 3 aromatic rings. The number of nitrogen functional groups attached to an aromatic ring is 1. The van der Waals surface area contributed by atoms with Gasteiger partial charge in [-0.3, -0.25) is 0 Å². The van der Waals surface area contributed by atoms with E-state index in [0.717, 1.165) is 10.2 Å². The van der Waals surface area contributed by atoms with Gasteiger partial charge in [0.05, 0.1) is 5.39 Å². The molecule has 1 aromatic carbocycles. The van der Waals surface area contributed by atoms with Crippen molar-refractivity contribution < 1.29 is 9.13 Å². The van der Waals surface area contributed by atoms with E-state index >= 15 is 0 Å². The molecule has 0 amide bonds. The van der Waals surface area contributed by atoms with Gasteiger partial charge in [-0.05, 0) is 30.0 Å². The van der Waals surface area contributed by atoms with E-state index in [9.17, 15) is 4.39 Å². The SMILES string of the molecule is Cc1cccc(OCc2nc(N)c3ccsc3n2)c1F. The summed E-state index contributed by atoms with van der Waals surface area (Å²) in [6.45, 7) is 1.77. The first kappa shape index (κ1) is 12.8. The fourth-order valence-electron chi connectivity index (χ4n) is 1.86. The van der Waals surface area contributed by atoms with Gasteiger partial charge in [0.1, 0.15) is 17.3 Å². The monoisotopic (exact) mass is 289 g/mol. The van der Waals surface area contributed by atoms with Crippen LogP contribution in [-0.4, -0.2) is 9.97 Å². The van der Waals surface area contributed by atoms with E-state index in [-0.39, 0.29) is 18.2 Å². The van der Waals surface area contributed by atoms with Crippen molar-refractivity contribution in [1.29, 1.82) is 0 Å². The second kappa shape index (κ2) is 5.05. The first-order chi connectivity index (χ1) is 9.65. The number of rotatable bonds is 3. The highest BCUT2D eigenvalue weighted by molar-refractivity contribution is 7.16. The number of halogens is 1. The second-order valence-electron chi connectivity index (χ2n) is 4.34. The predicted octanol–water partition coefficient (Wildman–Crippen LogP) is 3.30. The Bertz CT molecular complexity index is 772. The molecule has 3 rings (SSSR count). The van der Waals surface area contributed by atoms with Crippen LogP contribution < -0.4 is 10.5 Å². The Kier molecular flexibility index (Phi) is 3.23. The maximum atomic E-state index is 13.8. The molecule has 0 saturated heterocycles. The van der Waals surface area contributed by atoms with Gasteiger partial charge in [-0.15, -0.1) is 11.3 Å². The van der Waals surface area contributed by atoms with Crippen LogP contribution in [0.25, 0.3) is 10.2 Å². The molecule has 20 heavy (non-hydrogen) atoms. The fourth-order valence-corrected chi connectivity index (χ4v) is 2.65. The van der Waals surface area contributed by atoms with Gasteiger partial charge in [0.2, 0.25) is 0 Å². The number of nitrogens with zero attached hydrogens (tertiary/aromatic N) is 2. The van der Waals surface area contributed by atoms with Crippen LogP contribution in [-0.2, 0) is 6.61 Å². The van der Waals surface area contributed by atoms with Gasteiger partial charge in [-0.2, -0.15) is 0 Å². The van der Waals surface area contributed by atoms with E-state index in [0.29, 0.717) is 17.2 Å². The molecule has 0 bridgehead atoms. The first-order valence-electron chi connectivity index (χ1n) is 6.02. The summed E-state index contributed by atoms with van der Waals surface area (Å²) < 4.78 is 19.2. The number of anilines is 1. The lowest BCUT2D eigenvalue weighted by Crippen LogP contribution is -2.05. The summed E-state index contributed by atoms with van der Waals surface area (Å²) >= 11 is 1.48. The molecule has 0 saturated carbocycles. The molecule has 0 radical (unpaired) electrons. The van der Waals surface area contributed by atoms with Gasteiger partial charge >= 0.3 is 0 Å². The Labute approximate surface area is 119 Å². The molecule has 6 heteroatoms. The maximum absolute atomic E-state index is 13.8. The van der Waals surface area contributed by atoms with Gasteiger partial charge < -0.3 is 10.5 Å². The number of hydrogen-bond acceptors (Lipinski definition) is 5. The largest absolute Gasteiger partial charge is 0.483 e. The highest BCUT2D eigenvalue weighted by Gasteiger charge is 2.09. The predicted molar refractivity (Wildman–Crippen MR) is 77.3 cm³/mol. The number of ether oxygens (including phenoxy) is 1. The molecule has 0 spiro atoms. The average molecular weight is 289 g/mol. The van der Waals surface area contributed by atoms with E-state index in [4.69, 9.17) is 10.5 Å². The lowest BCUT2D eigenvalue weighted by Gasteiger charge is -2.08. The van der Waals surface area contributed by atoms with E-state index in [1.807, 2.05) is 11.4 Å². The van der Waals surface area contributed by atoms with Gasteiger partial charge in [0.25, 0.3) is 0 Å². The smallest absolute Gasteiger partial charge is 0.169 e. The molecule has 0 aliphatic carbocycles. The van der Waals surface area contributed by atoms with Crippen molar-refractivity contribution in [2.24, 2.45) is 0 Å². The molecular formula is C14H12FN3OS. The number of thiophene rings is 1. The summed E-state index contributed by atoms with van der Waals surface area (Å²) in [5.41, 5.74) is 6.39. The molecular weight excluding hydrogens is 277 g/mol. The Morgan fingerprint density at radius 2 is 2.15 bits per heavy atom. The molecule has 2 N–H and O–H groups in total. The molecule has 0 fully saturated rings. The molecule has 0 unspecified atom stereocenters. The van der Waals surface area contributed by atoms with Crippen LogP contribution in [0.4, 0.5) is 10.2 Å². The van der Waals surface area contributed by atoms with Crippen LogP contribution in [0.2, 0.25) is 0 Å². The van der Waals surface area contributed by atoms with Crippen LogP contribution >= 0.6 is 11.3 Å². The number of nitrogens with two attached hydrogens (primary N) is 1. The Morgan fingerprint density at radius 3 is 3.00 bits per heavy atom. The summed E-state index contributed by atoms with van der Waals surface area (Å²) in [7, 11) is 0. The second-order valence-corrected chi connectivity index (χ2v) is 5.23. The molecule has 2 aromatic heterocycles. The third-order valence-corrected chi connectivity index (χ3v) is 3.72. The number of aryl methyl sites for hydroxylation is 1. The van der Waals surface area contributed by atoms with Crippen molar-refractivity contribution in [2.75, 3.05) is 5.73 Å². The summed E-state index contributed by atoms with van der Waals surface area (Å²) in [5, 5.41) is 2.74. The van der Waals surface area contributed by atoms with Crippen LogP contribution in [0.3, 0.4) is 0 Å². The zero-order valence-corrected chi connectivity index (χ0v) is 11.6. The Morgan fingerprint density at radius 1 is 1.30 bits per heavy atom. The van der Waals surface area contributed by atoms with Crippen molar-refractivity contribution in [3.05, 3.63) is 46.9 Å². The van der Waals surface area contributed by atoms with E-state index in [1.54, 1.807) is 25.1 Å². The molecule has 4 nitrogen and oxygen atoms in total. The first-order valence-corrected chi connectivity index (χ1v) is 6.90. The maximum Gasteiger partial charge on any atom is 0.169 e. The third-order valence-electron chi connectivity index (χ3n) is 2.91. The molecule has 0 atom stereocenters. The zero-order valence-electron chi connectivity index (χ0n) is 10.8. The van der Waals surface area contributed by atoms with Crippen LogP contribution in [0, 0.1) is 12.7 Å². The van der Waals surface area contributed by atoms with Crippen LogP contribution in [0.1, 0.15) is 11.4 Å². The normalized spacial score (nSPS) is 10.9. The molecule has 0 aliphatic heterocycles. The van der Waals surface area contributed by atoms with Crippen molar-refractivity contribution in [3.63, 3.8) is 0 Å². The van der Waals surface area contributed by atoms with Crippen molar-refractivity contribution in [2.45, 2.75) is 13.5 Å². The number of aromatic nitrogens is 2. The minimum absolute atomic E-state index is 0.0818. The standard InChI is InChI=1S/C14H12FN3OS/c1-8-3-2-4-10(12(8)15)19-7-11-17-13(16)9-5-6-20-14(9)18-11/h2-6H,7H2,1H3,(H2,16,17,18). The summed E-state index contributed by atoms with van der Waals surface area (Å²) in [4.78, 5) is 9.32. The number of hydrogen-bond donors (Lipinski definition) is 1. The van der Waals surface area contributed by atoms with E-state index < -0.39 is 0 Å². The van der Waals surface area contributed by atoms with E-state index in [1.165, 1.54) is 11.3 Å². The third kappa shape index (κ3) is 2.30. The topological polar surface area (TPSA) is 61.0 Å². The van der Waals surface area contributed by atoms with Gasteiger partial charge in [0, 0.05) is 0 Å². The summed E-state index contributed by atoms with van der Waals surface area (Å²) in [6, 6.07) is 6.88. The van der Waals surface area contributed by atoms with Gasteiger partial charge in [-0.25, -0.2) is 14.4 Å². The lowest BCUT2D eigenvalue weighted by molar-refractivity contribution is 0.281. The fraction of sp³-hybridized carbons (Fsp3) is 0.143. The van der Waals surface area contributed by atoms with Crippen LogP contribution in [0.5, 0.6) is 5.75 Å². The molecule has 2 heterocycles. The molecule has 0 aliphatic rings. The minimum atomic E-state index is -0.363. The van der Waals surface area contributed by atoms with Crippen molar-refractivity contribution in [3.8, 4) is 5.75 Å². The van der Waals surface area contributed by atoms with Gasteiger partial charge in [-0.1, -0.05) is 12.1 Å². The minimum Gasteiger partial charge on any atom is -0.483 e. The highest BCUT2D eigenvalue weighted by Crippen LogP contribution is 2.24. The van der Waals surface area contributed by atoms with Crippen molar-refractivity contribution >= 4 is 27.4 Å². The van der Waals surface area contributed by atoms with Crippen LogP contribution in [0.15, 0.2) is 29.6 Å². The quantitative estimate of drug-likeness (QED) is 0.803. The lowest BCUT2D eigenvalue weighted by atomic mass is 10.2. The average Bonchev–Trinajstić information content (AvgIpc) is 2.89. The molecule has 102 valence electrons. The van der Waals surface area contributed by atoms with E-state index in [2.05, 4.69) is 9.97 Å². The summed E-state index contributed by atoms with van der Waals surface area (Å²) in [6.07, 6.45) is 0. The highest BCUT2D eigenvalue weighted by atomic mass is 32.1. The Balaban J connectivity index is 1.84. The summed E-state index contributed by atoms with van der Waals surface area (Å²) in [5.74, 6) is 0.689. The number of fused-ring (bicyclic) bond motifs is 1. The Hall–Kier alpha value is -2.21. The zero-order chi connectivity index (χ0) is 14.1. The van der Waals surface area contributed by atoms with Crippen molar-refractivity contribution in [1.82, 2.24) is 9.97 Å².